The summed E-state index contributed by atoms with van der Waals surface area (Å²) in [5.74, 6) is -1.16. The SMILES string of the molecule is CC(CNC(=O)c1ccc(-n2ccnc2)cc1)CC(=O)O. The van der Waals surface area contributed by atoms with Gasteiger partial charge < -0.3 is 15.0 Å². The van der Waals surface area contributed by atoms with Crippen molar-refractivity contribution in [2.75, 3.05) is 6.54 Å². The minimum Gasteiger partial charge on any atom is -0.481 e. The van der Waals surface area contributed by atoms with Gasteiger partial charge in [-0.1, -0.05) is 6.92 Å². The van der Waals surface area contributed by atoms with Gasteiger partial charge in [0.25, 0.3) is 5.91 Å². The molecule has 0 aliphatic carbocycles. The zero-order valence-electron chi connectivity index (χ0n) is 11.7. The van der Waals surface area contributed by atoms with E-state index in [0.29, 0.717) is 12.1 Å². The van der Waals surface area contributed by atoms with E-state index in [4.69, 9.17) is 5.11 Å². The van der Waals surface area contributed by atoms with Crippen LogP contribution in [0.3, 0.4) is 0 Å². The number of aromatic nitrogens is 2. The Bertz CT molecular complexity index is 606. The summed E-state index contributed by atoms with van der Waals surface area (Å²) in [5, 5.41) is 11.4. The van der Waals surface area contributed by atoms with Crippen LogP contribution in [-0.4, -0.2) is 33.1 Å². The standard InChI is InChI=1S/C15H17N3O3/c1-11(8-14(19)20)9-17-15(21)12-2-4-13(5-3-12)18-7-6-16-10-18/h2-7,10-11H,8-9H2,1H3,(H,17,21)(H,19,20). The first-order valence-electron chi connectivity index (χ1n) is 6.64. The Hall–Kier alpha value is -2.63. The molecule has 6 heteroatoms. The molecule has 2 aromatic rings. The van der Waals surface area contributed by atoms with E-state index in [0.717, 1.165) is 5.69 Å². The molecule has 2 rings (SSSR count). The molecule has 1 heterocycles. The van der Waals surface area contributed by atoms with Gasteiger partial charge >= 0.3 is 5.97 Å². The molecule has 0 bridgehead atoms. The summed E-state index contributed by atoms with van der Waals surface area (Å²) in [7, 11) is 0. The van der Waals surface area contributed by atoms with E-state index in [-0.39, 0.29) is 18.2 Å². The summed E-state index contributed by atoms with van der Waals surface area (Å²) in [6.45, 7) is 2.13. The average molecular weight is 287 g/mol. The van der Waals surface area contributed by atoms with Gasteiger partial charge in [0.1, 0.15) is 0 Å². The number of imidazole rings is 1. The highest BCUT2D eigenvalue weighted by Crippen LogP contribution is 2.09. The molecule has 1 aromatic carbocycles. The fourth-order valence-electron chi connectivity index (χ4n) is 1.94. The Labute approximate surface area is 122 Å². The maximum atomic E-state index is 12.0. The zero-order chi connectivity index (χ0) is 15.2. The lowest BCUT2D eigenvalue weighted by atomic mass is 10.1. The van der Waals surface area contributed by atoms with Crippen molar-refractivity contribution >= 4 is 11.9 Å². The molecule has 1 atom stereocenters. The van der Waals surface area contributed by atoms with Crippen molar-refractivity contribution in [3.05, 3.63) is 48.5 Å². The second-order valence-corrected chi connectivity index (χ2v) is 4.93. The molecule has 0 spiro atoms. The van der Waals surface area contributed by atoms with E-state index in [2.05, 4.69) is 10.3 Å². The van der Waals surface area contributed by atoms with Crippen LogP contribution in [0.5, 0.6) is 0 Å². The predicted molar refractivity (Wildman–Crippen MR) is 77.3 cm³/mol. The molecule has 0 radical (unpaired) electrons. The Morgan fingerprint density at radius 2 is 2.05 bits per heavy atom. The molecule has 6 nitrogen and oxygen atoms in total. The number of amides is 1. The summed E-state index contributed by atoms with van der Waals surface area (Å²) < 4.78 is 1.84. The van der Waals surface area contributed by atoms with Crippen LogP contribution in [0.1, 0.15) is 23.7 Å². The summed E-state index contributed by atoms with van der Waals surface area (Å²) in [4.78, 5) is 26.5. The van der Waals surface area contributed by atoms with Crippen LogP contribution in [0, 0.1) is 5.92 Å². The van der Waals surface area contributed by atoms with Crippen LogP contribution in [-0.2, 0) is 4.79 Å². The van der Waals surface area contributed by atoms with Crippen molar-refractivity contribution in [2.24, 2.45) is 5.92 Å². The highest BCUT2D eigenvalue weighted by atomic mass is 16.4. The third-order valence-electron chi connectivity index (χ3n) is 3.07. The zero-order valence-corrected chi connectivity index (χ0v) is 11.7. The topological polar surface area (TPSA) is 84.2 Å². The van der Waals surface area contributed by atoms with Crippen LogP contribution in [0.2, 0.25) is 0 Å². The molecule has 0 aliphatic heterocycles. The minimum absolute atomic E-state index is 0.0415. The number of aliphatic carboxylic acids is 1. The monoisotopic (exact) mass is 287 g/mol. The second-order valence-electron chi connectivity index (χ2n) is 4.93. The van der Waals surface area contributed by atoms with Crippen molar-refractivity contribution in [3.8, 4) is 5.69 Å². The number of rotatable bonds is 6. The van der Waals surface area contributed by atoms with E-state index in [1.807, 2.05) is 22.9 Å². The lowest BCUT2D eigenvalue weighted by molar-refractivity contribution is -0.137. The molecule has 1 amide bonds. The molecule has 110 valence electrons. The van der Waals surface area contributed by atoms with Gasteiger partial charge in [-0.15, -0.1) is 0 Å². The Morgan fingerprint density at radius 3 is 2.62 bits per heavy atom. The van der Waals surface area contributed by atoms with Gasteiger partial charge in [0.2, 0.25) is 0 Å². The quantitative estimate of drug-likeness (QED) is 0.847. The first-order valence-corrected chi connectivity index (χ1v) is 6.64. The van der Waals surface area contributed by atoms with Crippen molar-refractivity contribution < 1.29 is 14.7 Å². The van der Waals surface area contributed by atoms with E-state index >= 15 is 0 Å². The smallest absolute Gasteiger partial charge is 0.303 e. The number of benzene rings is 1. The van der Waals surface area contributed by atoms with Gasteiger partial charge in [0, 0.05) is 36.6 Å². The Kier molecular flexibility index (Phi) is 4.71. The molecular weight excluding hydrogens is 270 g/mol. The van der Waals surface area contributed by atoms with Crippen molar-refractivity contribution in [3.63, 3.8) is 0 Å². The van der Waals surface area contributed by atoms with Crippen molar-refractivity contribution in [1.29, 1.82) is 0 Å². The molecule has 21 heavy (non-hydrogen) atoms. The highest BCUT2D eigenvalue weighted by molar-refractivity contribution is 5.94. The predicted octanol–water partition coefficient (Wildman–Crippen LogP) is 1.71. The van der Waals surface area contributed by atoms with Gasteiger partial charge in [0.15, 0.2) is 0 Å². The fourth-order valence-corrected chi connectivity index (χ4v) is 1.94. The summed E-state index contributed by atoms with van der Waals surface area (Å²) in [6, 6.07) is 7.12. The van der Waals surface area contributed by atoms with Crippen molar-refractivity contribution in [2.45, 2.75) is 13.3 Å². The molecule has 0 aliphatic rings. The third kappa shape index (κ3) is 4.17. The highest BCUT2D eigenvalue weighted by Gasteiger charge is 2.10. The lowest BCUT2D eigenvalue weighted by Gasteiger charge is -2.10. The van der Waals surface area contributed by atoms with Crippen molar-refractivity contribution in [1.82, 2.24) is 14.9 Å². The number of nitrogens with one attached hydrogen (secondary N) is 1. The Morgan fingerprint density at radius 1 is 1.33 bits per heavy atom. The molecule has 0 saturated carbocycles. The Balaban J connectivity index is 1.92. The molecule has 0 saturated heterocycles. The number of hydrogen-bond acceptors (Lipinski definition) is 3. The summed E-state index contributed by atoms with van der Waals surface area (Å²) in [5.41, 5.74) is 1.46. The van der Waals surface area contributed by atoms with E-state index in [1.165, 1.54) is 0 Å². The first kappa shape index (κ1) is 14.8. The van der Waals surface area contributed by atoms with Crippen LogP contribution in [0.25, 0.3) is 5.69 Å². The number of carbonyl (C=O) groups is 2. The average Bonchev–Trinajstić information content (AvgIpc) is 2.98. The molecule has 0 fully saturated rings. The summed E-state index contributed by atoms with van der Waals surface area (Å²) >= 11 is 0. The summed E-state index contributed by atoms with van der Waals surface area (Å²) in [6.07, 6.45) is 5.23. The number of carboxylic acid groups (broad SMARTS) is 1. The third-order valence-corrected chi connectivity index (χ3v) is 3.07. The second kappa shape index (κ2) is 6.69. The maximum Gasteiger partial charge on any atom is 0.303 e. The number of carbonyl (C=O) groups excluding carboxylic acids is 1. The minimum atomic E-state index is -0.860. The number of hydrogen-bond donors (Lipinski definition) is 2. The first-order chi connectivity index (χ1) is 10.1. The van der Waals surface area contributed by atoms with Gasteiger partial charge in [-0.05, 0) is 30.2 Å². The molecule has 1 aromatic heterocycles. The molecular formula is C15H17N3O3. The van der Waals surface area contributed by atoms with Crippen LogP contribution in [0.4, 0.5) is 0 Å². The largest absolute Gasteiger partial charge is 0.481 e. The van der Waals surface area contributed by atoms with E-state index in [9.17, 15) is 9.59 Å². The van der Waals surface area contributed by atoms with Gasteiger partial charge in [-0.25, -0.2) is 4.98 Å². The molecule has 2 N–H and O–H groups in total. The van der Waals surface area contributed by atoms with Crippen LogP contribution >= 0.6 is 0 Å². The van der Waals surface area contributed by atoms with Gasteiger partial charge in [-0.2, -0.15) is 0 Å². The normalized spacial score (nSPS) is 11.9. The van der Waals surface area contributed by atoms with Crippen LogP contribution < -0.4 is 5.32 Å². The van der Waals surface area contributed by atoms with E-state index in [1.54, 1.807) is 31.6 Å². The fraction of sp³-hybridized carbons (Fsp3) is 0.267. The number of carboxylic acids is 1. The lowest BCUT2D eigenvalue weighted by Crippen LogP contribution is -2.29. The molecule has 1 unspecified atom stereocenters. The number of nitrogens with zero attached hydrogens (tertiary/aromatic N) is 2. The maximum absolute atomic E-state index is 12.0. The van der Waals surface area contributed by atoms with Crippen LogP contribution in [0.15, 0.2) is 43.0 Å². The van der Waals surface area contributed by atoms with Gasteiger partial charge in [-0.3, -0.25) is 9.59 Å². The van der Waals surface area contributed by atoms with Gasteiger partial charge in [0.05, 0.1) is 6.33 Å². The van der Waals surface area contributed by atoms with E-state index < -0.39 is 5.97 Å².